The van der Waals surface area contributed by atoms with Crippen molar-refractivity contribution < 1.29 is 41.8 Å². The van der Waals surface area contributed by atoms with Crippen LogP contribution in [-0.2, 0) is 19.0 Å². The van der Waals surface area contributed by atoms with Crippen molar-refractivity contribution in [2.75, 3.05) is 33.4 Å². The number of alkyl carbamates (subject to hydrolysis) is 1. The molecule has 0 radical (unpaired) electrons. The summed E-state index contributed by atoms with van der Waals surface area (Å²) in [5.74, 6) is -0.436. The van der Waals surface area contributed by atoms with Crippen molar-refractivity contribution in [1.82, 2.24) is 15.1 Å². The molecule has 0 saturated carbocycles. The second-order valence-corrected chi connectivity index (χ2v) is 9.27. The highest BCUT2D eigenvalue weighted by Crippen LogP contribution is 2.32. The van der Waals surface area contributed by atoms with Crippen molar-refractivity contribution in [2.45, 2.75) is 82.8 Å². The molecule has 2 heterocycles. The van der Waals surface area contributed by atoms with Gasteiger partial charge in [0.15, 0.2) is 0 Å². The second-order valence-electron chi connectivity index (χ2n) is 9.27. The molecule has 0 spiro atoms. The maximum absolute atomic E-state index is 13.3. The minimum atomic E-state index is -4.48. The zero-order valence-corrected chi connectivity index (χ0v) is 19.6. The number of nitrogens with one attached hydrogen (secondary N) is 1. The summed E-state index contributed by atoms with van der Waals surface area (Å²) in [5.41, 5.74) is -0.651. The lowest BCUT2D eigenvalue weighted by Gasteiger charge is -2.37. The van der Waals surface area contributed by atoms with Crippen LogP contribution in [0.1, 0.15) is 52.9 Å². The van der Waals surface area contributed by atoms with Crippen LogP contribution in [0.2, 0.25) is 0 Å². The van der Waals surface area contributed by atoms with Gasteiger partial charge in [0, 0.05) is 26.1 Å². The molecular weight excluding hydrogens is 447 g/mol. The number of likely N-dealkylation sites (tertiary alicyclic amines) is 2. The number of ether oxygens (including phenoxy) is 3. The van der Waals surface area contributed by atoms with E-state index in [2.05, 4.69) is 14.8 Å². The van der Waals surface area contributed by atoms with Crippen LogP contribution in [0.5, 0.6) is 0 Å². The highest BCUT2D eigenvalue weighted by molar-refractivity contribution is 5.86. The fraction of sp³-hybridized carbons (Fsp3) is 0.857. The van der Waals surface area contributed by atoms with E-state index >= 15 is 0 Å². The number of hydrogen-bond acceptors (Lipinski definition) is 6. The molecule has 3 atom stereocenters. The third kappa shape index (κ3) is 8.24. The summed E-state index contributed by atoms with van der Waals surface area (Å²) in [7, 11) is 1.13. The van der Waals surface area contributed by atoms with Gasteiger partial charge in [-0.3, -0.25) is 4.79 Å². The van der Waals surface area contributed by atoms with Crippen molar-refractivity contribution in [1.29, 1.82) is 0 Å². The molecule has 190 valence electrons. The van der Waals surface area contributed by atoms with E-state index < -0.39 is 42.5 Å². The van der Waals surface area contributed by atoms with Crippen LogP contribution in [-0.4, -0.2) is 91.2 Å². The average molecular weight is 482 g/mol. The Morgan fingerprint density at radius 3 is 2.15 bits per heavy atom. The highest BCUT2D eigenvalue weighted by atomic mass is 19.4. The van der Waals surface area contributed by atoms with Gasteiger partial charge in [-0.2, -0.15) is 13.2 Å². The van der Waals surface area contributed by atoms with Crippen LogP contribution in [0, 0.1) is 0 Å². The predicted octanol–water partition coefficient (Wildman–Crippen LogP) is 3.07. The maximum atomic E-state index is 13.3. The van der Waals surface area contributed by atoms with Crippen LogP contribution in [0.15, 0.2) is 0 Å². The number of methoxy groups -OCH3 is 1. The molecule has 0 aromatic rings. The van der Waals surface area contributed by atoms with Crippen LogP contribution in [0.3, 0.4) is 0 Å². The molecule has 3 unspecified atom stereocenters. The first-order chi connectivity index (χ1) is 15.3. The Hall–Kier alpha value is -2.24. The zero-order chi connectivity index (χ0) is 24.8. The summed E-state index contributed by atoms with van der Waals surface area (Å²) in [6.45, 7) is 4.48. The second kappa shape index (κ2) is 11.3. The summed E-state index contributed by atoms with van der Waals surface area (Å²) < 4.78 is 51.7. The fourth-order valence-corrected chi connectivity index (χ4v) is 4.25. The van der Waals surface area contributed by atoms with Gasteiger partial charge in [0.2, 0.25) is 5.91 Å². The molecule has 2 aliphatic heterocycles. The molecule has 0 aromatic heterocycles. The minimum Gasteiger partial charge on any atom is -0.453 e. The van der Waals surface area contributed by atoms with Crippen molar-refractivity contribution in [2.24, 2.45) is 0 Å². The lowest BCUT2D eigenvalue weighted by molar-refractivity contribution is -0.174. The van der Waals surface area contributed by atoms with E-state index in [9.17, 15) is 27.6 Å². The lowest BCUT2D eigenvalue weighted by atomic mass is 10.0. The smallest absolute Gasteiger partial charge is 0.411 e. The number of nitrogens with zero attached hydrogens (tertiary/aromatic N) is 2. The van der Waals surface area contributed by atoms with Crippen molar-refractivity contribution in [3.05, 3.63) is 0 Å². The first-order valence-electron chi connectivity index (χ1n) is 11.1. The third-order valence-electron chi connectivity index (χ3n) is 5.55. The van der Waals surface area contributed by atoms with E-state index in [-0.39, 0.29) is 25.1 Å². The Morgan fingerprint density at radius 1 is 1.03 bits per heavy atom. The standard InChI is InChI=1S/C21H34F3N3O6/c1-20(2,3)33-19(30)27-11-6-8-16(27)15-7-5-10-26(15)17(28)14(25-18(29)31-4)9-12-32-13-21(22,23)24/h14-16H,5-13H2,1-4H3,(H,25,29). The van der Waals surface area contributed by atoms with Gasteiger partial charge in [-0.25, -0.2) is 9.59 Å². The molecule has 2 saturated heterocycles. The SMILES string of the molecule is COC(=O)NC(CCOCC(F)(F)F)C(=O)N1CCCC1C1CCCN1C(=O)OC(C)(C)C. The molecule has 2 rings (SSSR count). The van der Waals surface area contributed by atoms with Crippen LogP contribution in [0.25, 0.3) is 0 Å². The normalized spacial score (nSPS) is 22.3. The first-order valence-corrected chi connectivity index (χ1v) is 11.1. The van der Waals surface area contributed by atoms with E-state index in [1.54, 1.807) is 30.6 Å². The molecule has 0 aromatic carbocycles. The van der Waals surface area contributed by atoms with Gasteiger partial charge in [-0.15, -0.1) is 0 Å². The summed E-state index contributed by atoms with van der Waals surface area (Å²) in [4.78, 5) is 41.0. The molecule has 3 amide bonds. The molecule has 2 aliphatic rings. The largest absolute Gasteiger partial charge is 0.453 e. The summed E-state index contributed by atoms with van der Waals surface area (Å²) in [5, 5.41) is 2.40. The van der Waals surface area contributed by atoms with E-state index in [0.29, 0.717) is 32.4 Å². The average Bonchev–Trinajstić information content (AvgIpc) is 3.36. The van der Waals surface area contributed by atoms with E-state index in [4.69, 9.17) is 4.74 Å². The van der Waals surface area contributed by atoms with E-state index in [0.717, 1.165) is 13.5 Å². The maximum Gasteiger partial charge on any atom is 0.411 e. The first kappa shape index (κ1) is 27.0. The predicted molar refractivity (Wildman–Crippen MR) is 112 cm³/mol. The Bertz CT molecular complexity index is 698. The molecular formula is C21H34F3N3O6. The van der Waals surface area contributed by atoms with Gasteiger partial charge >= 0.3 is 18.4 Å². The Balaban J connectivity index is 2.09. The molecule has 2 fully saturated rings. The highest BCUT2D eigenvalue weighted by Gasteiger charge is 2.44. The molecule has 9 nitrogen and oxygen atoms in total. The van der Waals surface area contributed by atoms with Gasteiger partial charge in [-0.05, 0) is 46.5 Å². The Labute approximate surface area is 191 Å². The number of alkyl halides is 3. The Morgan fingerprint density at radius 2 is 1.61 bits per heavy atom. The number of carbonyl (C=O) groups excluding carboxylic acids is 3. The lowest BCUT2D eigenvalue weighted by Crippen LogP contribution is -2.55. The molecule has 33 heavy (non-hydrogen) atoms. The van der Waals surface area contributed by atoms with Crippen LogP contribution < -0.4 is 5.32 Å². The van der Waals surface area contributed by atoms with Crippen LogP contribution >= 0.6 is 0 Å². The summed E-state index contributed by atoms with van der Waals surface area (Å²) in [6, 6.07) is -1.61. The molecule has 0 aliphatic carbocycles. The fourth-order valence-electron chi connectivity index (χ4n) is 4.25. The quantitative estimate of drug-likeness (QED) is 0.562. The number of hydrogen-bond donors (Lipinski definition) is 1. The summed E-state index contributed by atoms with van der Waals surface area (Å²) in [6.07, 6.45) is -3.06. The summed E-state index contributed by atoms with van der Waals surface area (Å²) >= 11 is 0. The van der Waals surface area contributed by atoms with E-state index in [1.807, 2.05) is 0 Å². The molecule has 0 bridgehead atoms. The Kier molecular flexibility index (Phi) is 9.21. The number of rotatable bonds is 7. The topological polar surface area (TPSA) is 97.4 Å². The number of carbonyl (C=O) groups is 3. The van der Waals surface area contributed by atoms with Gasteiger partial charge < -0.3 is 29.3 Å². The molecule has 1 N–H and O–H groups in total. The van der Waals surface area contributed by atoms with E-state index in [1.165, 1.54) is 0 Å². The van der Waals surface area contributed by atoms with Crippen molar-refractivity contribution in [3.63, 3.8) is 0 Å². The van der Waals surface area contributed by atoms with Gasteiger partial charge in [0.1, 0.15) is 18.2 Å². The van der Waals surface area contributed by atoms with Gasteiger partial charge in [0.25, 0.3) is 0 Å². The zero-order valence-electron chi connectivity index (χ0n) is 19.6. The number of amides is 3. The monoisotopic (exact) mass is 481 g/mol. The van der Waals surface area contributed by atoms with Crippen molar-refractivity contribution in [3.8, 4) is 0 Å². The minimum absolute atomic E-state index is 0.145. The van der Waals surface area contributed by atoms with Gasteiger partial charge in [0.05, 0.1) is 19.2 Å². The third-order valence-corrected chi connectivity index (χ3v) is 5.55. The van der Waals surface area contributed by atoms with Crippen LogP contribution in [0.4, 0.5) is 22.8 Å². The van der Waals surface area contributed by atoms with Crippen molar-refractivity contribution >= 4 is 18.1 Å². The van der Waals surface area contributed by atoms with Gasteiger partial charge in [-0.1, -0.05) is 0 Å². The molecule has 12 heteroatoms. The number of halogens is 3.